The van der Waals surface area contributed by atoms with Crippen molar-refractivity contribution >= 4 is 17.5 Å². The summed E-state index contributed by atoms with van der Waals surface area (Å²) in [4.78, 5) is 26.6. The zero-order chi connectivity index (χ0) is 21.1. The van der Waals surface area contributed by atoms with Crippen molar-refractivity contribution in [3.63, 3.8) is 0 Å². The van der Waals surface area contributed by atoms with Crippen molar-refractivity contribution in [2.75, 3.05) is 11.4 Å². The quantitative estimate of drug-likeness (QED) is 0.647. The van der Waals surface area contributed by atoms with Crippen LogP contribution in [-0.4, -0.2) is 18.4 Å². The van der Waals surface area contributed by atoms with Crippen molar-refractivity contribution in [1.29, 1.82) is 0 Å². The third-order valence-corrected chi connectivity index (χ3v) is 5.71. The van der Waals surface area contributed by atoms with E-state index in [0.29, 0.717) is 12.0 Å². The normalized spacial score (nSPS) is 13.6. The first-order valence-corrected chi connectivity index (χ1v) is 10.5. The summed E-state index contributed by atoms with van der Waals surface area (Å²) in [6.45, 7) is 4.63. The van der Waals surface area contributed by atoms with Crippen LogP contribution < -0.4 is 10.2 Å². The number of amides is 2. The number of fused-ring (bicyclic) bond motifs is 1. The molecular formula is C26H26N2O2. The second kappa shape index (κ2) is 8.54. The van der Waals surface area contributed by atoms with E-state index in [1.807, 2.05) is 85.5 Å². The van der Waals surface area contributed by atoms with Crippen LogP contribution in [0.4, 0.5) is 5.69 Å². The van der Waals surface area contributed by atoms with Gasteiger partial charge in [-0.25, -0.2) is 0 Å². The maximum atomic E-state index is 12.6. The molecular weight excluding hydrogens is 372 g/mol. The summed E-state index contributed by atoms with van der Waals surface area (Å²) in [5.74, 6) is 0.0853. The minimum absolute atomic E-state index is 0.0520. The van der Waals surface area contributed by atoms with Gasteiger partial charge < -0.3 is 10.2 Å². The van der Waals surface area contributed by atoms with Gasteiger partial charge in [0, 0.05) is 24.2 Å². The summed E-state index contributed by atoms with van der Waals surface area (Å²) in [5.41, 5.74) is 6.11. The molecule has 0 aliphatic carbocycles. The lowest BCUT2D eigenvalue weighted by atomic mass is 10.00. The predicted octanol–water partition coefficient (Wildman–Crippen LogP) is 5.14. The molecule has 152 valence electrons. The molecule has 1 aliphatic heterocycles. The van der Waals surface area contributed by atoms with Gasteiger partial charge in [-0.05, 0) is 59.9 Å². The molecule has 0 saturated heterocycles. The summed E-state index contributed by atoms with van der Waals surface area (Å²) in [6, 6.07) is 23.8. The van der Waals surface area contributed by atoms with E-state index in [9.17, 15) is 9.59 Å². The highest BCUT2D eigenvalue weighted by Gasteiger charge is 2.23. The summed E-state index contributed by atoms with van der Waals surface area (Å²) in [7, 11) is 0. The number of carbonyl (C=O) groups excluding carboxylic acids is 2. The Balaban J connectivity index is 1.47. The predicted molar refractivity (Wildman–Crippen MR) is 121 cm³/mol. The van der Waals surface area contributed by atoms with Gasteiger partial charge in [0.2, 0.25) is 5.91 Å². The number of nitrogens with one attached hydrogen (secondary N) is 1. The fourth-order valence-corrected chi connectivity index (χ4v) is 3.95. The average Bonchev–Trinajstić information content (AvgIpc) is 3.22. The number of rotatable bonds is 5. The minimum atomic E-state index is -0.0828. The molecule has 30 heavy (non-hydrogen) atoms. The first-order chi connectivity index (χ1) is 14.6. The molecule has 0 spiro atoms. The zero-order valence-electron chi connectivity index (χ0n) is 17.4. The molecule has 0 fully saturated rings. The summed E-state index contributed by atoms with van der Waals surface area (Å²) in [5, 5.41) is 3.05. The molecule has 0 aromatic heterocycles. The first-order valence-electron chi connectivity index (χ1n) is 10.5. The summed E-state index contributed by atoms with van der Waals surface area (Å²) >= 11 is 0. The Morgan fingerprint density at radius 3 is 2.37 bits per heavy atom. The molecule has 1 atom stereocenters. The van der Waals surface area contributed by atoms with Crippen molar-refractivity contribution in [2.45, 2.75) is 32.7 Å². The van der Waals surface area contributed by atoms with Crippen molar-refractivity contribution in [3.05, 3.63) is 89.5 Å². The van der Waals surface area contributed by atoms with E-state index >= 15 is 0 Å². The Labute approximate surface area is 177 Å². The van der Waals surface area contributed by atoms with Crippen molar-refractivity contribution in [1.82, 2.24) is 5.32 Å². The van der Waals surface area contributed by atoms with E-state index in [4.69, 9.17) is 0 Å². The number of carbonyl (C=O) groups is 2. The number of hydrogen-bond donors (Lipinski definition) is 1. The van der Waals surface area contributed by atoms with E-state index in [1.165, 1.54) is 5.56 Å². The Morgan fingerprint density at radius 1 is 0.967 bits per heavy atom. The second-order valence-electron chi connectivity index (χ2n) is 7.68. The van der Waals surface area contributed by atoms with E-state index in [0.717, 1.165) is 35.3 Å². The molecule has 4 rings (SSSR count). The third-order valence-electron chi connectivity index (χ3n) is 5.71. The second-order valence-corrected chi connectivity index (χ2v) is 7.68. The summed E-state index contributed by atoms with van der Waals surface area (Å²) < 4.78 is 0. The standard InChI is InChI=1S/C26H26N2O2/c1-3-25(29)28-16-15-23-17-22(13-14-24(23)28)20-9-11-21(12-10-20)26(30)27-18(2)19-7-5-4-6-8-19/h4-14,17-18H,3,15-16H2,1-2H3,(H,27,30). The van der Waals surface area contributed by atoms with Gasteiger partial charge in [-0.2, -0.15) is 0 Å². The van der Waals surface area contributed by atoms with Gasteiger partial charge in [0.15, 0.2) is 0 Å². The highest BCUT2D eigenvalue weighted by Crippen LogP contribution is 2.32. The lowest BCUT2D eigenvalue weighted by molar-refractivity contribution is -0.118. The highest BCUT2D eigenvalue weighted by molar-refractivity contribution is 5.96. The number of anilines is 1. The van der Waals surface area contributed by atoms with Crippen LogP contribution in [0.25, 0.3) is 11.1 Å². The Kier molecular flexibility index (Phi) is 5.66. The van der Waals surface area contributed by atoms with Gasteiger partial charge in [0.1, 0.15) is 0 Å². The first kappa shape index (κ1) is 19.9. The monoisotopic (exact) mass is 398 g/mol. The van der Waals surface area contributed by atoms with E-state index in [-0.39, 0.29) is 17.9 Å². The maximum Gasteiger partial charge on any atom is 0.251 e. The Hall–Kier alpha value is -3.40. The van der Waals surface area contributed by atoms with Gasteiger partial charge in [0.05, 0.1) is 6.04 Å². The van der Waals surface area contributed by atoms with Gasteiger partial charge >= 0.3 is 0 Å². The van der Waals surface area contributed by atoms with Gasteiger partial charge in [-0.15, -0.1) is 0 Å². The molecule has 1 heterocycles. The van der Waals surface area contributed by atoms with Crippen LogP contribution in [0.5, 0.6) is 0 Å². The lowest BCUT2D eigenvalue weighted by Gasteiger charge is -2.16. The van der Waals surface area contributed by atoms with Crippen LogP contribution >= 0.6 is 0 Å². The fourth-order valence-electron chi connectivity index (χ4n) is 3.95. The smallest absolute Gasteiger partial charge is 0.251 e. The third kappa shape index (κ3) is 3.99. The van der Waals surface area contributed by atoms with Crippen molar-refractivity contribution in [3.8, 4) is 11.1 Å². The average molecular weight is 399 g/mol. The Bertz CT molecular complexity index is 1060. The number of hydrogen-bond acceptors (Lipinski definition) is 2. The number of benzene rings is 3. The van der Waals surface area contributed by atoms with Crippen LogP contribution in [-0.2, 0) is 11.2 Å². The SMILES string of the molecule is CCC(=O)N1CCc2cc(-c3ccc(C(=O)NC(C)c4ccccc4)cc3)ccc21. The molecule has 4 heteroatoms. The largest absolute Gasteiger partial charge is 0.346 e. The van der Waals surface area contributed by atoms with Gasteiger partial charge in [0.25, 0.3) is 5.91 Å². The number of nitrogens with zero attached hydrogens (tertiary/aromatic N) is 1. The molecule has 4 nitrogen and oxygen atoms in total. The van der Waals surface area contributed by atoms with Crippen molar-refractivity contribution < 1.29 is 9.59 Å². The molecule has 1 N–H and O–H groups in total. The highest BCUT2D eigenvalue weighted by atomic mass is 16.2. The molecule has 3 aromatic carbocycles. The van der Waals surface area contributed by atoms with Crippen molar-refractivity contribution in [2.24, 2.45) is 0 Å². The van der Waals surface area contributed by atoms with Crippen LogP contribution in [0.3, 0.4) is 0 Å². The van der Waals surface area contributed by atoms with Crippen LogP contribution in [0.2, 0.25) is 0 Å². The van der Waals surface area contributed by atoms with E-state index < -0.39 is 0 Å². The van der Waals surface area contributed by atoms with Gasteiger partial charge in [-0.1, -0.05) is 55.5 Å². The maximum absolute atomic E-state index is 12.6. The lowest BCUT2D eigenvalue weighted by Crippen LogP contribution is -2.27. The molecule has 1 unspecified atom stereocenters. The molecule has 0 bridgehead atoms. The molecule has 0 saturated carbocycles. The van der Waals surface area contributed by atoms with Crippen LogP contribution in [0.15, 0.2) is 72.8 Å². The molecule has 1 aliphatic rings. The molecule has 2 amide bonds. The van der Waals surface area contributed by atoms with E-state index in [1.54, 1.807) is 0 Å². The fraction of sp³-hybridized carbons (Fsp3) is 0.231. The van der Waals surface area contributed by atoms with E-state index in [2.05, 4.69) is 11.4 Å². The topological polar surface area (TPSA) is 49.4 Å². The molecule has 3 aromatic rings. The van der Waals surface area contributed by atoms with Crippen LogP contribution in [0.1, 0.15) is 47.8 Å². The Morgan fingerprint density at radius 2 is 1.67 bits per heavy atom. The minimum Gasteiger partial charge on any atom is -0.346 e. The molecule has 0 radical (unpaired) electrons. The van der Waals surface area contributed by atoms with Gasteiger partial charge in [-0.3, -0.25) is 9.59 Å². The summed E-state index contributed by atoms with van der Waals surface area (Å²) in [6.07, 6.45) is 1.40. The van der Waals surface area contributed by atoms with Crippen LogP contribution in [0, 0.1) is 0 Å². The zero-order valence-corrected chi connectivity index (χ0v) is 17.4.